The van der Waals surface area contributed by atoms with Gasteiger partial charge in [0, 0.05) is 0 Å². The van der Waals surface area contributed by atoms with Crippen LogP contribution in [0.3, 0.4) is 0 Å². The minimum atomic E-state index is 0.761. The second-order valence-corrected chi connectivity index (χ2v) is 4.44. The number of hydrogen-bond acceptors (Lipinski definition) is 2. The lowest BCUT2D eigenvalue weighted by Gasteiger charge is -2.12. The topological polar surface area (TPSA) is 18.5 Å². The number of hydrogen-bond donors (Lipinski definition) is 0. The van der Waals surface area contributed by atoms with Gasteiger partial charge in [0.25, 0.3) is 0 Å². The van der Waals surface area contributed by atoms with Crippen LogP contribution in [0.15, 0.2) is 42.5 Å². The van der Waals surface area contributed by atoms with Crippen molar-refractivity contribution in [2.75, 3.05) is 7.11 Å². The molecule has 0 spiro atoms. The second-order valence-electron chi connectivity index (χ2n) is 4.44. The second kappa shape index (κ2) is 6.28. The predicted molar refractivity (Wildman–Crippen MR) is 78.3 cm³/mol. The van der Waals surface area contributed by atoms with E-state index in [1.807, 2.05) is 24.3 Å². The molecular weight excluding hydrogens is 236 g/mol. The highest BCUT2D eigenvalue weighted by Crippen LogP contribution is 2.32. The molecule has 2 aromatic carbocycles. The highest BCUT2D eigenvalue weighted by atomic mass is 16.5. The van der Waals surface area contributed by atoms with Crippen molar-refractivity contribution in [3.8, 4) is 17.2 Å². The third kappa shape index (κ3) is 3.28. The molecule has 0 aliphatic rings. The maximum atomic E-state index is 5.92. The first-order valence-electron chi connectivity index (χ1n) is 6.70. The van der Waals surface area contributed by atoms with Gasteiger partial charge in [-0.15, -0.1) is 0 Å². The zero-order valence-electron chi connectivity index (χ0n) is 11.8. The Morgan fingerprint density at radius 3 is 2.00 bits per heavy atom. The van der Waals surface area contributed by atoms with E-state index in [1.165, 1.54) is 11.1 Å². The molecule has 0 unspecified atom stereocenters. The molecule has 2 heteroatoms. The van der Waals surface area contributed by atoms with E-state index < -0.39 is 0 Å². The van der Waals surface area contributed by atoms with Crippen LogP contribution in [0.4, 0.5) is 0 Å². The maximum Gasteiger partial charge on any atom is 0.169 e. The minimum absolute atomic E-state index is 0.761. The van der Waals surface area contributed by atoms with E-state index in [2.05, 4.69) is 32.0 Å². The molecule has 2 rings (SSSR count). The van der Waals surface area contributed by atoms with E-state index >= 15 is 0 Å². The van der Waals surface area contributed by atoms with Gasteiger partial charge < -0.3 is 9.47 Å². The van der Waals surface area contributed by atoms with Crippen LogP contribution in [-0.2, 0) is 12.8 Å². The van der Waals surface area contributed by atoms with Crippen LogP contribution in [0.2, 0.25) is 0 Å². The summed E-state index contributed by atoms with van der Waals surface area (Å²) in [5.74, 6) is 2.37. The Morgan fingerprint density at radius 2 is 1.42 bits per heavy atom. The first kappa shape index (κ1) is 13.5. The number of benzene rings is 2. The molecule has 0 N–H and O–H groups in total. The largest absolute Gasteiger partial charge is 0.493 e. The van der Waals surface area contributed by atoms with Gasteiger partial charge in [0.15, 0.2) is 11.5 Å². The molecule has 0 aromatic heterocycles. The molecular formula is C17H20O2. The Morgan fingerprint density at radius 1 is 0.789 bits per heavy atom. The van der Waals surface area contributed by atoms with Gasteiger partial charge in [-0.2, -0.15) is 0 Å². The van der Waals surface area contributed by atoms with Crippen molar-refractivity contribution in [3.63, 3.8) is 0 Å². The van der Waals surface area contributed by atoms with Crippen LogP contribution in [0.25, 0.3) is 0 Å². The summed E-state index contributed by atoms with van der Waals surface area (Å²) in [7, 11) is 1.66. The summed E-state index contributed by atoms with van der Waals surface area (Å²) >= 11 is 0. The number of methoxy groups -OCH3 is 1. The van der Waals surface area contributed by atoms with Gasteiger partial charge in [0.05, 0.1) is 7.11 Å². The standard InChI is InChI=1S/C17H20O2/c1-4-13-6-9-15(10-7-13)19-17-12-14(5-2)8-11-16(17)18-3/h6-12H,4-5H2,1-3H3. The first-order valence-corrected chi connectivity index (χ1v) is 6.70. The van der Waals surface area contributed by atoms with E-state index in [0.717, 1.165) is 30.1 Å². The third-order valence-corrected chi connectivity index (χ3v) is 3.20. The predicted octanol–water partition coefficient (Wildman–Crippen LogP) is 4.61. The number of rotatable bonds is 5. The van der Waals surface area contributed by atoms with Crippen LogP contribution in [0, 0.1) is 0 Å². The SMILES string of the molecule is CCc1ccc(Oc2cc(CC)ccc2OC)cc1. The highest BCUT2D eigenvalue weighted by Gasteiger charge is 2.06. The van der Waals surface area contributed by atoms with Gasteiger partial charge in [-0.1, -0.05) is 32.0 Å². The van der Waals surface area contributed by atoms with Gasteiger partial charge in [-0.05, 0) is 48.2 Å². The van der Waals surface area contributed by atoms with Crippen LogP contribution in [-0.4, -0.2) is 7.11 Å². The summed E-state index contributed by atoms with van der Waals surface area (Å²) in [5, 5.41) is 0. The Hall–Kier alpha value is -1.96. The monoisotopic (exact) mass is 256 g/mol. The number of ether oxygens (including phenoxy) is 2. The molecule has 0 atom stereocenters. The smallest absolute Gasteiger partial charge is 0.169 e. The lowest BCUT2D eigenvalue weighted by Crippen LogP contribution is -1.92. The molecule has 0 radical (unpaired) electrons. The Kier molecular flexibility index (Phi) is 4.45. The lowest BCUT2D eigenvalue weighted by molar-refractivity contribution is 0.378. The maximum absolute atomic E-state index is 5.92. The van der Waals surface area contributed by atoms with E-state index in [-0.39, 0.29) is 0 Å². The van der Waals surface area contributed by atoms with E-state index in [4.69, 9.17) is 9.47 Å². The molecule has 0 bridgehead atoms. The fourth-order valence-electron chi connectivity index (χ4n) is 1.94. The molecule has 0 aliphatic carbocycles. The summed E-state index contributed by atoms with van der Waals surface area (Å²) < 4.78 is 11.3. The van der Waals surface area contributed by atoms with Gasteiger partial charge >= 0.3 is 0 Å². The molecule has 19 heavy (non-hydrogen) atoms. The van der Waals surface area contributed by atoms with Gasteiger partial charge in [-0.3, -0.25) is 0 Å². The Labute approximate surface area is 115 Å². The van der Waals surface area contributed by atoms with Crippen molar-refractivity contribution < 1.29 is 9.47 Å². The summed E-state index contributed by atoms with van der Waals surface area (Å²) in [4.78, 5) is 0. The molecule has 0 fully saturated rings. The summed E-state index contributed by atoms with van der Waals surface area (Å²) in [6.45, 7) is 4.27. The highest BCUT2D eigenvalue weighted by molar-refractivity contribution is 5.45. The molecule has 2 nitrogen and oxygen atoms in total. The van der Waals surface area contributed by atoms with Crippen molar-refractivity contribution in [2.24, 2.45) is 0 Å². The van der Waals surface area contributed by atoms with Crippen molar-refractivity contribution in [2.45, 2.75) is 26.7 Å². The molecule has 2 aromatic rings. The van der Waals surface area contributed by atoms with Crippen LogP contribution in [0.1, 0.15) is 25.0 Å². The summed E-state index contributed by atoms with van der Waals surface area (Å²) in [6.07, 6.45) is 2.02. The molecule has 0 heterocycles. The lowest BCUT2D eigenvalue weighted by atomic mass is 10.1. The zero-order chi connectivity index (χ0) is 13.7. The Bertz CT molecular complexity index is 529. The first-order chi connectivity index (χ1) is 9.26. The van der Waals surface area contributed by atoms with E-state index in [0.29, 0.717) is 0 Å². The summed E-state index contributed by atoms with van der Waals surface area (Å²) in [5.41, 5.74) is 2.54. The minimum Gasteiger partial charge on any atom is -0.493 e. The Balaban J connectivity index is 2.25. The molecule has 0 aliphatic heterocycles. The van der Waals surface area contributed by atoms with Crippen molar-refractivity contribution in [3.05, 3.63) is 53.6 Å². The zero-order valence-corrected chi connectivity index (χ0v) is 11.8. The quantitative estimate of drug-likeness (QED) is 0.777. The van der Waals surface area contributed by atoms with Crippen molar-refractivity contribution >= 4 is 0 Å². The van der Waals surface area contributed by atoms with Crippen molar-refractivity contribution in [1.82, 2.24) is 0 Å². The fourth-order valence-corrected chi connectivity index (χ4v) is 1.94. The van der Waals surface area contributed by atoms with E-state index in [9.17, 15) is 0 Å². The molecule has 0 saturated heterocycles. The average Bonchev–Trinajstić information content (AvgIpc) is 2.48. The molecule has 100 valence electrons. The third-order valence-electron chi connectivity index (χ3n) is 3.20. The molecule has 0 amide bonds. The van der Waals surface area contributed by atoms with Gasteiger partial charge in [0.2, 0.25) is 0 Å². The average molecular weight is 256 g/mol. The van der Waals surface area contributed by atoms with Crippen LogP contribution >= 0.6 is 0 Å². The summed E-state index contributed by atoms with van der Waals surface area (Å²) in [6, 6.07) is 14.2. The molecule has 0 saturated carbocycles. The van der Waals surface area contributed by atoms with Crippen LogP contribution < -0.4 is 9.47 Å². The van der Waals surface area contributed by atoms with Gasteiger partial charge in [0.1, 0.15) is 5.75 Å². The van der Waals surface area contributed by atoms with Gasteiger partial charge in [-0.25, -0.2) is 0 Å². The van der Waals surface area contributed by atoms with E-state index in [1.54, 1.807) is 7.11 Å². The van der Waals surface area contributed by atoms with Crippen molar-refractivity contribution in [1.29, 1.82) is 0 Å². The normalized spacial score (nSPS) is 10.3. The van der Waals surface area contributed by atoms with Crippen LogP contribution in [0.5, 0.6) is 17.2 Å². The number of aryl methyl sites for hydroxylation is 2. The fraction of sp³-hybridized carbons (Fsp3) is 0.294.